The molecule has 0 aliphatic carbocycles. The molecular weight excluding hydrogens is 450 g/mol. The molecule has 0 radical (unpaired) electrons. The molecule has 0 saturated carbocycles. The highest BCUT2D eigenvalue weighted by molar-refractivity contribution is 7.15. The summed E-state index contributed by atoms with van der Waals surface area (Å²) in [5.74, 6) is 0.201. The molecular formula is C22H14ClN5O3S. The second kappa shape index (κ2) is 8.03. The first-order valence-electron chi connectivity index (χ1n) is 9.46. The zero-order chi connectivity index (χ0) is 22.2. The highest BCUT2D eigenvalue weighted by Gasteiger charge is 2.21. The van der Waals surface area contributed by atoms with Crippen LogP contribution in [0.2, 0.25) is 4.47 Å². The first-order valence-corrected chi connectivity index (χ1v) is 10.7. The van der Waals surface area contributed by atoms with Crippen molar-refractivity contribution < 1.29 is 14.2 Å². The minimum Gasteiger partial charge on any atom is -0.842 e. The minimum atomic E-state index is -0.416. The van der Waals surface area contributed by atoms with E-state index in [-0.39, 0.29) is 18.0 Å². The average molecular weight is 464 g/mol. The van der Waals surface area contributed by atoms with Gasteiger partial charge in [-0.2, -0.15) is 9.38 Å². The maximum absolute atomic E-state index is 13.6. The lowest BCUT2D eigenvalue weighted by molar-refractivity contribution is -0.707. The Kier molecular flexibility index (Phi) is 5.04. The maximum Gasteiger partial charge on any atom is 0.349 e. The Balaban J connectivity index is 1.72. The lowest BCUT2D eigenvalue weighted by Crippen LogP contribution is -2.44. The molecule has 5 aromatic rings. The number of hydrogen-bond donors (Lipinski definition) is 0. The van der Waals surface area contributed by atoms with Crippen molar-refractivity contribution in [1.29, 1.82) is 0 Å². The second-order valence-corrected chi connectivity index (χ2v) is 8.52. The second-order valence-electron chi connectivity index (χ2n) is 6.82. The van der Waals surface area contributed by atoms with E-state index in [4.69, 9.17) is 16.1 Å². The van der Waals surface area contributed by atoms with Gasteiger partial charge in [0.05, 0.1) is 17.0 Å². The van der Waals surface area contributed by atoms with E-state index in [2.05, 4.69) is 21.7 Å². The normalized spacial score (nSPS) is 11.2. The van der Waals surface area contributed by atoms with Gasteiger partial charge in [0.1, 0.15) is 12.1 Å². The molecule has 0 N–H and O–H groups in total. The first kappa shape index (κ1) is 20.1. The fourth-order valence-electron chi connectivity index (χ4n) is 3.44. The predicted molar refractivity (Wildman–Crippen MR) is 118 cm³/mol. The van der Waals surface area contributed by atoms with E-state index in [1.54, 1.807) is 54.9 Å². The van der Waals surface area contributed by atoms with Gasteiger partial charge in [0, 0.05) is 17.8 Å². The van der Waals surface area contributed by atoms with Crippen LogP contribution in [-0.4, -0.2) is 19.5 Å². The van der Waals surface area contributed by atoms with Crippen molar-refractivity contribution in [3.8, 4) is 28.4 Å². The molecule has 0 bridgehead atoms. The van der Waals surface area contributed by atoms with Gasteiger partial charge in [-0.15, -0.1) is 11.3 Å². The highest BCUT2D eigenvalue weighted by Crippen LogP contribution is 2.27. The van der Waals surface area contributed by atoms with Crippen LogP contribution in [0.5, 0.6) is 5.88 Å². The van der Waals surface area contributed by atoms with Crippen LogP contribution < -0.4 is 15.2 Å². The number of hydrogen-bond acceptors (Lipinski definition) is 7. The van der Waals surface area contributed by atoms with E-state index >= 15 is 0 Å². The van der Waals surface area contributed by atoms with E-state index in [1.807, 2.05) is 0 Å². The van der Waals surface area contributed by atoms with Crippen LogP contribution in [0.4, 0.5) is 0 Å². The molecule has 0 unspecified atom stereocenters. The van der Waals surface area contributed by atoms with Gasteiger partial charge in [-0.25, -0.2) is 14.3 Å². The molecule has 0 spiro atoms. The summed E-state index contributed by atoms with van der Waals surface area (Å²) in [6.07, 6.45) is 4.70. The molecule has 1 aromatic carbocycles. The molecule has 32 heavy (non-hydrogen) atoms. The topological polar surface area (TPSA) is 100 Å². The lowest BCUT2D eigenvalue weighted by Gasteiger charge is -2.16. The van der Waals surface area contributed by atoms with Crippen LogP contribution >= 0.6 is 22.9 Å². The van der Waals surface area contributed by atoms with Gasteiger partial charge in [0.25, 0.3) is 5.65 Å². The van der Waals surface area contributed by atoms with Gasteiger partial charge in [0.2, 0.25) is 11.7 Å². The van der Waals surface area contributed by atoms with Crippen LogP contribution in [0.1, 0.15) is 10.8 Å². The number of rotatable bonds is 5. The number of pyridine rings is 1. The fourth-order valence-corrected chi connectivity index (χ4v) is 4.41. The van der Waals surface area contributed by atoms with Crippen molar-refractivity contribution in [3.63, 3.8) is 0 Å². The standard InChI is InChI=1S/C22H14ClN5O3S/c1-2-16-25-19(26-31-16)14-7-5-6-13(10-14)18-20(29)27-9-4-3-8-17(27)28(21(18)30)12-15-11-24-22(23)32-15/h2-11H,1,12H2. The zero-order valence-corrected chi connectivity index (χ0v) is 18.0. The molecule has 0 aliphatic heterocycles. The summed E-state index contributed by atoms with van der Waals surface area (Å²) in [4.78, 5) is 22.4. The van der Waals surface area contributed by atoms with E-state index < -0.39 is 11.4 Å². The predicted octanol–water partition coefficient (Wildman–Crippen LogP) is 3.18. The molecule has 4 aromatic heterocycles. The minimum absolute atomic E-state index is 0.0404. The molecule has 0 atom stereocenters. The number of halogens is 1. The van der Waals surface area contributed by atoms with E-state index in [0.29, 0.717) is 27.1 Å². The van der Waals surface area contributed by atoms with Crippen molar-refractivity contribution in [2.24, 2.45) is 0 Å². The molecule has 4 heterocycles. The fraction of sp³-hybridized carbons (Fsp3) is 0.0455. The van der Waals surface area contributed by atoms with Crippen LogP contribution in [-0.2, 0) is 6.54 Å². The quantitative estimate of drug-likeness (QED) is 0.371. The summed E-state index contributed by atoms with van der Waals surface area (Å²) >= 11 is 7.25. The lowest BCUT2D eigenvalue weighted by atomic mass is 10.0. The van der Waals surface area contributed by atoms with Crippen LogP contribution in [0, 0.1) is 0 Å². The number of nitrogens with zero attached hydrogens (tertiary/aromatic N) is 5. The molecule has 0 fully saturated rings. The van der Waals surface area contributed by atoms with Gasteiger partial charge in [0.15, 0.2) is 4.47 Å². The van der Waals surface area contributed by atoms with Crippen molar-refractivity contribution in [1.82, 2.24) is 19.5 Å². The van der Waals surface area contributed by atoms with Gasteiger partial charge in [-0.3, -0.25) is 0 Å². The molecule has 158 valence electrons. The Morgan fingerprint density at radius 2 is 2.09 bits per heavy atom. The molecule has 10 heteroatoms. The van der Waals surface area contributed by atoms with E-state index in [0.717, 1.165) is 4.88 Å². The van der Waals surface area contributed by atoms with Gasteiger partial charge in [-0.1, -0.05) is 47.6 Å². The van der Waals surface area contributed by atoms with Crippen LogP contribution in [0.25, 0.3) is 34.2 Å². The highest BCUT2D eigenvalue weighted by atomic mass is 35.5. The third kappa shape index (κ3) is 3.47. The SMILES string of the molecule is C=Cc1nc(-c2cccc(-c3c([O-])[n+](Cc4cnc(Cl)s4)c4ccccn4c3=O)c2)no1. The molecule has 5 rings (SSSR count). The third-order valence-corrected chi connectivity index (χ3v) is 5.97. The monoisotopic (exact) mass is 463 g/mol. The Morgan fingerprint density at radius 1 is 1.25 bits per heavy atom. The summed E-state index contributed by atoms with van der Waals surface area (Å²) in [6, 6.07) is 12.2. The van der Waals surface area contributed by atoms with Crippen LogP contribution in [0.15, 0.2) is 70.8 Å². The number of benzene rings is 1. The summed E-state index contributed by atoms with van der Waals surface area (Å²) in [5.41, 5.74) is 1.16. The van der Waals surface area contributed by atoms with Gasteiger partial charge >= 0.3 is 5.56 Å². The van der Waals surface area contributed by atoms with Crippen molar-refractivity contribution in [2.75, 3.05) is 0 Å². The average Bonchev–Trinajstić information content (AvgIpc) is 3.46. The summed E-state index contributed by atoms with van der Waals surface area (Å²) in [6.45, 7) is 3.84. The Morgan fingerprint density at radius 3 is 2.84 bits per heavy atom. The Bertz CT molecular complexity index is 1540. The first-order chi connectivity index (χ1) is 15.5. The van der Waals surface area contributed by atoms with Crippen molar-refractivity contribution in [3.05, 3.63) is 87.0 Å². The zero-order valence-electron chi connectivity index (χ0n) is 16.4. The van der Waals surface area contributed by atoms with E-state index in [9.17, 15) is 9.90 Å². The number of fused-ring (bicyclic) bond motifs is 1. The molecule has 0 aliphatic rings. The van der Waals surface area contributed by atoms with Gasteiger partial charge < -0.3 is 9.63 Å². The molecule has 0 amide bonds. The number of thiazole rings is 1. The summed E-state index contributed by atoms with van der Waals surface area (Å²) in [7, 11) is 0. The molecule has 0 saturated heterocycles. The van der Waals surface area contributed by atoms with Crippen molar-refractivity contribution in [2.45, 2.75) is 6.54 Å². The Hall–Kier alpha value is -3.82. The maximum atomic E-state index is 13.6. The molecule has 8 nitrogen and oxygen atoms in total. The van der Waals surface area contributed by atoms with E-state index in [1.165, 1.54) is 26.4 Å². The Labute approximate surface area is 190 Å². The van der Waals surface area contributed by atoms with Crippen molar-refractivity contribution >= 4 is 34.7 Å². The largest absolute Gasteiger partial charge is 0.842 e. The summed E-state index contributed by atoms with van der Waals surface area (Å²) < 4.78 is 8.46. The number of aromatic nitrogens is 5. The smallest absolute Gasteiger partial charge is 0.349 e. The third-order valence-electron chi connectivity index (χ3n) is 4.87. The van der Waals surface area contributed by atoms with Gasteiger partial charge in [-0.05, 0) is 23.8 Å². The van der Waals surface area contributed by atoms with Crippen LogP contribution in [0.3, 0.4) is 0 Å². The summed E-state index contributed by atoms with van der Waals surface area (Å²) in [5, 5.41) is 17.5.